The van der Waals surface area contributed by atoms with Gasteiger partial charge in [-0.1, -0.05) is 6.07 Å². The van der Waals surface area contributed by atoms with Crippen LogP contribution >= 0.6 is 11.3 Å². The lowest BCUT2D eigenvalue weighted by molar-refractivity contribution is -0.115. The van der Waals surface area contributed by atoms with Gasteiger partial charge in [0.15, 0.2) is 11.5 Å². The van der Waals surface area contributed by atoms with E-state index < -0.39 is 0 Å². The number of rotatable bonds is 4. The van der Waals surface area contributed by atoms with Crippen LogP contribution in [0.4, 0.5) is 5.69 Å². The second kappa shape index (κ2) is 6.29. The molecule has 0 radical (unpaired) electrons. The van der Waals surface area contributed by atoms with E-state index in [1.165, 1.54) is 11.3 Å². The molecule has 1 aliphatic heterocycles. The van der Waals surface area contributed by atoms with Gasteiger partial charge in [0.2, 0.25) is 12.7 Å². The molecule has 1 aromatic carbocycles. The van der Waals surface area contributed by atoms with Crippen molar-refractivity contribution in [3.63, 3.8) is 0 Å². The normalized spacial score (nSPS) is 12.2. The van der Waals surface area contributed by atoms with Crippen molar-refractivity contribution in [2.24, 2.45) is 0 Å². The Kier molecular flexibility index (Phi) is 3.84. The van der Waals surface area contributed by atoms with Crippen molar-refractivity contribution >= 4 is 22.9 Å². The van der Waals surface area contributed by atoms with E-state index in [1.807, 2.05) is 23.6 Å². The number of carbonyl (C=O) groups is 1. The lowest BCUT2D eigenvalue weighted by atomic mass is 10.2. The summed E-state index contributed by atoms with van der Waals surface area (Å²) < 4.78 is 10.5. The summed E-state index contributed by atoms with van der Waals surface area (Å²) in [6.45, 7) is 0.210. The standard InChI is InChI=1S/C17H13N3O3S/c21-16(19-11-4-5-14-15(7-11)23-10-22-14)8-12-9-24-17(20-12)13-3-1-2-6-18-13/h1-7,9H,8,10H2,(H,19,21). The number of anilines is 1. The number of thiazole rings is 1. The van der Waals surface area contributed by atoms with Gasteiger partial charge in [-0.25, -0.2) is 4.98 Å². The van der Waals surface area contributed by atoms with E-state index in [2.05, 4.69) is 15.3 Å². The van der Waals surface area contributed by atoms with Crippen molar-refractivity contribution < 1.29 is 14.3 Å². The second-order valence-corrected chi connectivity index (χ2v) is 6.01. The Labute approximate surface area is 142 Å². The molecule has 3 aromatic rings. The maximum Gasteiger partial charge on any atom is 0.231 e. The van der Waals surface area contributed by atoms with Crippen molar-refractivity contribution in [2.75, 3.05) is 12.1 Å². The molecule has 0 bridgehead atoms. The van der Waals surface area contributed by atoms with Crippen LogP contribution in [0.25, 0.3) is 10.7 Å². The van der Waals surface area contributed by atoms with Crippen molar-refractivity contribution in [1.29, 1.82) is 0 Å². The Balaban J connectivity index is 1.42. The van der Waals surface area contributed by atoms with Crippen molar-refractivity contribution in [3.05, 3.63) is 53.7 Å². The summed E-state index contributed by atoms with van der Waals surface area (Å²) in [4.78, 5) is 20.9. The fourth-order valence-corrected chi connectivity index (χ4v) is 3.13. The number of nitrogens with one attached hydrogen (secondary N) is 1. The number of amides is 1. The minimum Gasteiger partial charge on any atom is -0.454 e. The zero-order valence-corrected chi connectivity index (χ0v) is 13.4. The third-order valence-corrected chi connectivity index (χ3v) is 4.35. The number of fused-ring (bicyclic) bond motifs is 1. The number of hydrogen-bond donors (Lipinski definition) is 1. The first-order chi connectivity index (χ1) is 11.8. The van der Waals surface area contributed by atoms with Gasteiger partial charge in [-0.15, -0.1) is 11.3 Å². The lowest BCUT2D eigenvalue weighted by Crippen LogP contribution is -2.14. The summed E-state index contributed by atoms with van der Waals surface area (Å²) in [6.07, 6.45) is 1.93. The predicted octanol–water partition coefficient (Wildman–Crippen LogP) is 3.12. The van der Waals surface area contributed by atoms with Gasteiger partial charge in [-0.2, -0.15) is 0 Å². The van der Waals surface area contributed by atoms with Gasteiger partial charge in [0.25, 0.3) is 0 Å². The van der Waals surface area contributed by atoms with Crippen LogP contribution < -0.4 is 14.8 Å². The number of carbonyl (C=O) groups excluding carboxylic acids is 1. The molecule has 7 heteroatoms. The summed E-state index contributed by atoms with van der Waals surface area (Å²) >= 11 is 1.48. The number of nitrogens with zero attached hydrogens (tertiary/aromatic N) is 2. The first-order valence-electron chi connectivity index (χ1n) is 7.33. The van der Waals surface area contributed by atoms with Gasteiger partial charge in [0.05, 0.1) is 17.8 Å². The van der Waals surface area contributed by atoms with E-state index in [4.69, 9.17) is 9.47 Å². The van der Waals surface area contributed by atoms with Gasteiger partial charge in [-0.3, -0.25) is 9.78 Å². The average molecular weight is 339 g/mol. The molecule has 0 unspecified atom stereocenters. The summed E-state index contributed by atoms with van der Waals surface area (Å²) in [5.41, 5.74) is 2.20. The van der Waals surface area contributed by atoms with Crippen LogP contribution in [0.3, 0.4) is 0 Å². The molecule has 1 aliphatic rings. The quantitative estimate of drug-likeness (QED) is 0.790. The fraction of sp³-hybridized carbons (Fsp3) is 0.118. The molecule has 0 atom stereocenters. The summed E-state index contributed by atoms with van der Waals surface area (Å²) in [7, 11) is 0. The lowest BCUT2D eigenvalue weighted by Gasteiger charge is -2.05. The highest BCUT2D eigenvalue weighted by molar-refractivity contribution is 7.13. The van der Waals surface area contributed by atoms with E-state index in [0.717, 1.165) is 16.4 Å². The molecule has 0 saturated carbocycles. The van der Waals surface area contributed by atoms with E-state index in [9.17, 15) is 4.79 Å². The van der Waals surface area contributed by atoms with Crippen LogP contribution in [0.1, 0.15) is 5.69 Å². The molecule has 3 heterocycles. The van der Waals surface area contributed by atoms with Crippen LogP contribution in [-0.4, -0.2) is 22.7 Å². The molecule has 24 heavy (non-hydrogen) atoms. The fourth-order valence-electron chi connectivity index (χ4n) is 2.34. The highest BCUT2D eigenvalue weighted by atomic mass is 32.1. The molecular formula is C17H13N3O3S. The van der Waals surface area contributed by atoms with E-state index >= 15 is 0 Å². The Morgan fingerprint density at radius 1 is 1.21 bits per heavy atom. The molecule has 0 spiro atoms. The summed E-state index contributed by atoms with van der Waals surface area (Å²) in [5.74, 6) is 1.19. The molecule has 1 amide bonds. The van der Waals surface area contributed by atoms with Crippen molar-refractivity contribution in [2.45, 2.75) is 6.42 Å². The first-order valence-corrected chi connectivity index (χ1v) is 8.21. The van der Waals surface area contributed by atoms with Crippen molar-refractivity contribution in [1.82, 2.24) is 9.97 Å². The molecule has 0 fully saturated rings. The zero-order valence-electron chi connectivity index (χ0n) is 12.6. The van der Waals surface area contributed by atoms with Gasteiger partial charge in [0.1, 0.15) is 5.01 Å². The predicted molar refractivity (Wildman–Crippen MR) is 90.2 cm³/mol. The number of ether oxygens (including phenoxy) is 2. The molecule has 0 aliphatic carbocycles. The smallest absolute Gasteiger partial charge is 0.231 e. The third-order valence-electron chi connectivity index (χ3n) is 3.43. The van der Waals surface area contributed by atoms with E-state index in [-0.39, 0.29) is 19.1 Å². The zero-order chi connectivity index (χ0) is 16.4. The molecule has 1 N–H and O–H groups in total. The molecule has 4 rings (SSSR count). The topological polar surface area (TPSA) is 73.3 Å². The Morgan fingerprint density at radius 2 is 2.12 bits per heavy atom. The number of aromatic nitrogens is 2. The highest BCUT2D eigenvalue weighted by Crippen LogP contribution is 2.34. The Morgan fingerprint density at radius 3 is 3.00 bits per heavy atom. The van der Waals surface area contributed by atoms with Crippen LogP contribution in [0.15, 0.2) is 48.0 Å². The molecule has 120 valence electrons. The summed E-state index contributed by atoms with van der Waals surface area (Å²) in [6, 6.07) is 11.0. The molecular weight excluding hydrogens is 326 g/mol. The SMILES string of the molecule is O=C(Cc1csc(-c2ccccn2)n1)Nc1ccc2c(c1)OCO2. The second-order valence-electron chi connectivity index (χ2n) is 5.15. The maximum absolute atomic E-state index is 12.2. The van der Waals surface area contributed by atoms with Crippen molar-refractivity contribution in [3.8, 4) is 22.2 Å². The highest BCUT2D eigenvalue weighted by Gasteiger charge is 2.15. The minimum atomic E-state index is -0.133. The van der Waals surface area contributed by atoms with Crippen LogP contribution in [0.2, 0.25) is 0 Å². The monoisotopic (exact) mass is 339 g/mol. The average Bonchev–Trinajstić information content (AvgIpc) is 3.24. The number of pyridine rings is 1. The Bertz CT molecular complexity index is 880. The van der Waals surface area contributed by atoms with Crippen LogP contribution in [-0.2, 0) is 11.2 Å². The van der Waals surface area contributed by atoms with Gasteiger partial charge < -0.3 is 14.8 Å². The molecule has 2 aromatic heterocycles. The van der Waals surface area contributed by atoms with Crippen LogP contribution in [0.5, 0.6) is 11.5 Å². The number of benzene rings is 1. The largest absolute Gasteiger partial charge is 0.454 e. The maximum atomic E-state index is 12.2. The number of hydrogen-bond acceptors (Lipinski definition) is 6. The van der Waals surface area contributed by atoms with Crippen LogP contribution in [0, 0.1) is 0 Å². The van der Waals surface area contributed by atoms with E-state index in [0.29, 0.717) is 17.2 Å². The summed E-state index contributed by atoms with van der Waals surface area (Å²) in [5, 5.41) is 5.53. The van der Waals surface area contributed by atoms with E-state index in [1.54, 1.807) is 24.4 Å². The Hall–Kier alpha value is -2.93. The first kappa shape index (κ1) is 14.6. The molecule has 6 nitrogen and oxygen atoms in total. The van der Waals surface area contributed by atoms with Gasteiger partial charge >= 0.3 is 0 Å². The third kappa shape index (κ3) is 3.07. The molecule has 0 saturated heterocycles. The van der Waals surface area contributed by atoms with Gasteiger partial charge in [0, 0.05) is 23.3 Å². The minimum absolute atomic E-state index is 0.133. The van der Waals surface area contributed by atoms with Gasteiger partial charge in [-0.05, 0) is 24.3 Å².